The summed E-state index contributed by atoms with van der Waals surface area (Å²) < 4.78 is 7.16. The first-order valence-corrected chi connectivity index (χ1v) is 9.70. The van der Waals surface area contributed by atoms with Crippen LogP contribution in [0.2, 0.25) is 0 Å². The molecule has 152 valence electrons. The number of fused-ring (bicyclic) bond motifs is 1. The maximum atomic E-state index is 12.9. The lowest BCUT2D eigenvalue weighted by Crippen LogP contribution is -2.48. The minimum absolute atomic E-state index is 0.00193. The summed E-state index contributed by atoms with van der Waals surface area (Å²) in [7, 11) is 0. The van der Waals surface area contributed by atoms with Gasteiger partial charge in [-0.2, -0.15) is 5.10 Å². The van der Waals surface area contributed by atoms with Gasteiger partial charge in [-0.15, -0.1) is 0 Å². The molecular formula is C23H21N3O4. The van der Waals surface area contributed by atoms with Crippen molar-refractivity contribution >= 4 is 17.8 Å². The van der Waals surface area contributed by atoms with Gasteiger partial charge in [-0.3, -0.25) is 14.5 Å². The fraction of sp³-hybridized carbons (Fsp3) is 0.217. The average molecular weight is 403 g/mol. The summed E-state index contributed by atoms with van der Waals surface area (Å²) in [4.78, 5) is 39.4. The molecule has 2 aromatic carbocycles. The smallest absolute Gasteiger partial charge is 0.329 e. The number of carbonyl (C=O) groups excluding carboxylic acids is 3. The van der Waals surface area contributed by atoms with Crippen molar-refractivity contribution in [3.05, 3.63) is 83.7 Å². The van der Waals surface area contributed by atoms with E-state index in [9.17, 15) is 14.4 Å². The van der Waals surface area contributed by atoms with Crippen molar-refractivity contribution in [1.29, 1.82) is 0 Å². The minimum atomic E-state index is -0.999. The molecule has 1 atom stereocenters. The molecule has 1 aliphatic heterocycles. The van der Waals surface area contributed by atoms with E-state index >= 15 is 0 Å². The van der Waals surface area contributed by atoms with E-state index in [4.69, 9.17) is 4.74 Å². The number of imide groups is 1. The van der Waals surface area contributed by atoms with E-state index in [1.807, 2.05) is 30.3 Å². The molecule has 30 heavy (non-hydrogen) atoms. The third-order valence-corrected chi connectivity index (χ3v) is 5.01. The van der Waals surface area contributed by atoms with Crippen molar-refractivity contribution in [3.8, 4) is 5.69 Å². The number of amides is 2. The lowest BCUT2D eigenvalue weighted by atomic mass is 10.0. The zero-order valence-electron chi connectivity index (χ0n) is 16.7. The number of hydrogen-bond donors (Lipinski definition) is 0. The average Bonchev–Trinajstić information content (AvgIpc) is 3.32. The predicted octanol–water partition coefficient (Wildman–Crippen LogP) is 3.24. The Morgan fingerprint density at radius 1 is 0.967 bits per heavy atom. The Morgan fingerprint density at radius 2 is 1.57 bits per heavy atom. The van der Waals surface area contributed by atoms with E-state index in [0.29, 0.717) is 16.7 Å². The normalized spacial score (nSPS) is 14.2. The van der Waals surface area contributed by atoms with E-state index < -0.39 is 23.8 Å². The molecule has 1 aromatic heterocycles. The van der Waals surface area contributed by atoms with Crippen LogP contribution in [0.25, 0.3) is 5.69 Å². The van der Waals surface area contributed by atoms with Crippen molar-refractivity contribution < 1.29 is 19.1 Å². The first-order chi connectivity index (χ1) is 14.5. The predicted molar refractivity (Wildman–Crippen MR) is 109 cm³/mol. The highest BCUT2D eigenvalue weighted by Crippen LogP contribution is 2.27. The van der Waals surface area contributed by atoms with Crippen molar-refractivity contribution in [2.24, 2.45) is 5.92 Å². The highest BCUT2D eigenvalue weighted by Gasteiger charge is 2.44. The molecule has 1 aliphatic rings. The van der Waals surface area contributed by atoms with Crippen molar-refractivity contribution in [1.82, 2.24) is 14.7 Å². The third kappa shape index (κ3) is 3.50. The van der Waals surface area contributed by atoms with E-state index in [0.717, 1.165) is 10.6 Å². The van der Waals surface area contributed by atoms with Crippen molar-refractivity contribution in [3.63, 3.8) is 0 Å². The van der Waals surface area contributed by atoms with E-state index in [1.54, 1.807) is 55.2 Å². The standard InChI is InChI=1S/C23H21N3O4/c1-15(2)20(26-21(27)18-10-6-7-11-19(18)22(26)28)23(29)30-14-16-12-24-25(13-16)17-8-4-3-5-9-17/h3-13,15,20H,14H2,1-2H3/t20-/m0/s1. The second kappa shape index (κ2) is 7.94. The number of ether oxygens (including phenoxy) is 1. The molecule has 2 heterocycles. The molecule has 0 radical (unpaired) electrons. The quantitative estimate of drug-likeness (QED) is 0.466. The SMILES string of the molecule is CC(C)[C@@H](C(=O)OCc1cnn(-c2ccccc2)c1)N1C(=O)c2ccccc2C1=O. The van der Waals surface area contributed by atoms with Gasteiger partial charge in [0.05, 0.1) is 23.0 Å². The summed E-state index contributed by atoms with van der Waals surface area (Å²) in [5, 5.41) is 4.28. The zero-order chi connectivity index (χ0) is 21.3. The highest BCUT2D eigenvalue weighted by atomic mass is 16.5. The topological polar surface area (TPSA) is 81.5 Å². The molecule has 0 spiro atoms. The molecule has 0 saturated heterocycles. The van der Waals surface area contributed by atoms with Gasteiger partial charge in [-0.1, -0.05) is 44.2 Å². The molecule has 0 unspecified atom stereocenters. The summed E-state index contributed by atoms with van der Waals surface area (Å²) in [6.07, 6.45) is 3.39. The van der Waals surface area contributed by atoms with Crippen molar-refractivity contribution in [2.45, 2.75) is 26.5 Å². The number of esters is 1. The number of para-hydroxylation sites is 1. The number of carbonyl (C=O) groups is 3. The monoisotopic (exact) mass is 403 g/mol. The molecule has 4 rings (SSSR count). The van der Waals surface area contributed by atoms with Crippen LogP contribution in [0, 0.1) is 5.92 Å². The van der Waals surface area contributed by atoms with Crippen LogP contribution in [0.3, 0.4) is 0 Å². The Balaban J connectivity index is 1.49. The summed E-state index contributed by atoms with van der Waals surface area (Å²) >= 11 is 0. The van der Waals surface area contributed by atoms with Gasteiger partial charge in [0.25, 0.3) is 11.8 Å². The Hall–Kier alpha value is -3.74. The van der Waals surface area contributed by atoms with Crippen molar-refractivity contribution in [2.75, 3.05) is 0 Å². The van der Waals surface area contributed by atoms with Crippen LogP contribution in [-0.4, -0.2) is 38.5 Å². The Bertz CT molecular complexity index is 1070. The van der Waals surface area contributed by atoms with Crippen LogP contribution >= 0.6 is 0 Å². The largest absolute Gasteiger partial charge is 0.459 e. The van der Waals surface area contributed by atoms with Crippen LogP contribution in [0.1, 0.15) is 40.1 Å². The molecule has 2 amide bonds. The number of rotatable bonds is 6. The van der Waals surface area contributed by atoms with Crippen LogP contribution in [0.4, 0.5) is 0 Å². The van der Waals surface area contributed by atoms with Gasteiger partial charge < -0.3 is 4.74 Å². The first-order valence-electron chi connectivity index (χ1n) is 9.70. The summed E-state index contributed by atoms with van der Waals surface area (Å²) in [5.74, 6) is -1.86. The van der Waals surface area contributed by atoms with E-state index in [2.05, 4.69) is 5.10 Å². The molecule has 0 N–H and O–H groups in total. The zero-order valence-corrected chi connectivity index (χ0v) is 16.7. The van der Waals surface area contributed by atoms with E-state index in [1.165, 1.54) is 0 Å². The molecule has 3 aromatic rings. The lowest BCUT2D eigenvalue weighted by molar-refractivity contribution is -0.151. The summed E-state index contributed by atoms with van der Waals surface area (Å²) in [6, 6.07) is 15.1. The maximum absolute atomic E-state index is 12.9. The van der Waals surface area contributed by atoms with Gasteiger partial charge in [0.15, 0.2) is 0 Å². The maximum Gasteiger partial charge on any atom is 0.329 e. The number of aromatic nitrogens is 2. The van der Waals surface area contributed by atoms with Gasteiger partial charge in [0.1, 0.15) is 12.6 Å². The van der Waals surface area contributed by atoms with E-state index in [-0.39, 0.29) is 12.5 Å². The summed E-state index contributed by atoms with van der Waals surface area (Å²) in [6.45, 7) is 3.56. The minimum Gasteiger partial charge on any atom is -0.459 e. The molecular weight excluding hydrogens is 382 g/mol. The number of nitrogens with zero attached hydrogens (tertiary/aromatic N) is 3. The van der Waals surface area contributed by atoms with Crippen LogP contribution < -0.4 is 0 Å². The van der Waals surface area contributed by atoms with Gasteiger partial charge in [-0.25, -0.2) is 9.48 Å². The molecule has 0 fully saturated rings. The Labute approximate surface area is 173 Å². The number of benzene rings is 2. The van der Waals surface area contributed by atoms with Gasteiger partial charge in [0, 0.05) is 11.8 Å². The second-order valence-corrected chi connectivity index (χ2v) is 7.45. The van der Waals surface area contributed by atoms with Gasteiger partial charge in [0.2, 0.25) is 0 Å². The van der Waals surface area contributed by atoms with Crippen LogP contribution in [-0.2, 0) is 16.1 Å². The Kier molecular flexibility index (Phi) is 5.18. The Morgan fingerprint density at radius 3 is 2.17 bits per heavy atom. The highest BCUT2D eigenvalue weighted by molar-refractivity contribution is 6.22. The molecule has 7 heteroatoms. The summed E-state index contributed by atoms with van der Waals surface area (Å²) in [5.41, 5.74) is 2.22. The van der Waals surface area contributed by atoms with Gasteiger partial charge in [-0.05, 0) is 30.2 Å². The first kappa shape index (κ1) is 19.6. The number of hydrogen-bond acceptors (Lipinski definition) is 5. The lowest BCUT2D eigenvalue weighted by Gasteiger charge is -2.27. The molecule has 0 saturated carbocycles. The van der Waals surface area contributed by atoms with Crippen LogP contribution in [0.15, 0.2) is 67.0 Å². The van der Waals surface area contributed by atoms with Gasteiger partial charge >= 0.3 is 5.97 Å². The molecule has 7 nitrogen and oxygen atoms in total. The third-order valence-electron chi connectivity index (χ3n) is 5.01. The molecule has 0 bridgehead atoms. The van der Waals surface area contributed by atoms with Crippen LogP contribution in [0.5, 0.6) is 0 Å². The molecule has 0 aliphatic carbocycles. The fourth-order valence-corrected chi connectivity index (χ4v) is 3.53. The second-order valence-electron chi connectivity index (χ2n) is 7.45. The fourth-order valence-electron chi connectivity index (χ4n) is 3.53.